The van der Waals surface area contributed by atoms with E-state index in [1.54, 1.807) is 4.90 Å². The third-order valence-corrected chi connectivity index (χ3v) is 6.07. The molecule has 4 rings (SSSR count). The summed E-state index contributed by atoms with van der Waals surface area (Å²) in [5.74, 6) is 0.341. The Kier molecular flexibility index (Phi) is 6.13. The van der Waals surface area contributed by atoms with Crippen molar-refractivity contribution in [3.63, 3.8) is 0 Å². The maximum absolute atomic E-state index is 12.9. The highest BCUT2D eigenvalue weighted by molar-refractivity contribution is 7.99. The Morgan fingerprint density at radius 1 is 1.00 bits per heavy atom. The van der Waals surface area contributed by atoms with E-state index in [1.165, 1.54) is 11.8 Å². The van der Waals surface area contributed by atoms with Crippen molar-refractivity contribution >= 4 is 23.6 Å². The van der Waals surface area contributed by atoms with Gasteiger partial charge in [0.05, 0.1) is 5.75 Å². The molecule has 0 aliphatic carbocycles. The minimum Gasteiger partial charge on any atom is -0.368 e. The van der Waals surface area contributed by atoms with Crippen LogP contribution in [0.2, 0.25) is 0 Å². The van der Waals surface area contributed by atoms with E-state index in [4.69, 9.17) is 5.73 Å². The number of likely N-dealkylation sites (tertiary alicyclic amines) is 1. The monoisotopic (exact) mass is 421 g/mol. The second-order valence-corrected chi connectivity index (χ2v) is 8.08. The van der Waals surface area contributed by atoms with Crippen LogP contribution in [0.4, 0.5) is 0 Å². The van der Waals surface area contributed by atoms with Gasteiger partial charge in [-0.2, -0.15) is 0 Å². The highest BCUT2D eigenvalue weighted by Gasteiger charge is 2.30. The lowest BCUT2D eigenvalue weighted by Gasteiger charge is -2.33. The number of para-hydroxylation sites is 1. The van der Waals surface area contributed by atoms with Crippen LogP contribution in [0, 0.1) is 0 Å². The van der Waals surface area contributed by atoms with Crippen molar-refractivity contribution in [3.8, 4) is 17.1 Å². The third-order valence-electron chi connectivity index (χ3n) is 5.16. The fraction of sp³-hybridized carbons (Fsp3) is 0.273. The van der Waals surface area contributed by atoms with Gasteiger partial charge in [0.25, 0.3) is 0 Å². The number of carbonyl (C=O) groups excluding carboxylic acids is 2. The normalized spacial score (nSPS) is 16.4. The summed E-state index contributed by atoms with van der Waals surface area (Å²) >= 11 is 1.32. The first-order valence-electron chi connectivity index (χ1n) is 9.93. The van der Waals surface area contributed by atoms with Gasteiger partial charge in [-0.1, -0.05) is 60.3 Å². The fourth-order valence-corrected chi connectivity index (χ4v) is 4.52. The molecule has 1 saturated heterocycles. The highest BCUT2D eigenvalue weighted by Crippen LogP contribution is 2.28. The van der Waals surface area contributed by atoms with Gasteiger partial charge in [0, 0.05) is 17.8 Å². The first kappa shape index (κ1) is 20.2. The van der Waals surface area contributed by atoms with Crippen LogP contribution in [0.25, 0.3) is 17.1 Å². The number of aromatic nitrogens is 3. The number of nitrogens with two attached hydrogens (primary N) is 1. The Hall–Kier alpha value is -3.13. The lowest BCUT2D eigenvalue weighted by Crippen LogP contribution is -2.51. The average Bonchev–Trinajstić information content (AvgIpc) is 3.22. The van der Waals surface area contributed by atoms with Crippen molar-refractivity contribution in [2.24, 2.45) is 5.73 Å². The molecule has 8 heteroatoms. The summed E-state index contributed by atoms with van der Waals surface area (Å²) in [5.41, 5.74) is 7.37. The molecule has 1 aliphatic heterocycles. The van der Waals surface area contributed by atoms with E-state index in [0.29, 0.717) is 23.9 Å². The number of carbonyl (C=O) groups is 2. The fourth-order valence-electron chi connectivity index (χ4n) is 3.68. The summed E-state index contributed by atoms with van der Waals surface area (Å²) in [7, 11) is 0. The topological polar surface area (TPSA) is 94.1 Å². The summed E-state index contributed by atoms with van der Waals surface area (Å²) < 4.78 is 1.95. The lowest BCUT2D eigenvalue weighted by molar-refractivity contribution is -0.138. The molecule has 1 aromatic heterocycles. The van der Waals surface area contributed by atoms with E-state index >= 15 is 0 Å². The predicted molar refractivity (Wildman–Crippen MR) is 116 cm³/mol. The molecule has 0 bridgehead atoms. The van der Waals surface area contributed by atoms with Gasteiger partial charge >= 0.3 is 0 Å². The summed E-state index contributed by atoms with van der Waals surface area (Å²) in [4.78, 5) is 26.2. The quantitative estimate of drug-likeness (QED) is 0.618. The zero-order valence-corrected chi connectivity index (χ0v) is 17.3. The van der Waals surface area contributed by atoms with E-state index in [-0.39, 0.29) is 11.7 Å². The molecule has 3 aromatic rings. The number of primary amides is 1. The Balaban J connectivity index is 1.59. The van der Waals surface area contributed by atoms with Gasteiger partial charge in [-0.05, 0) is 31.4 Å². The van der Waals surface area contributed by atoms with Crippen molar-refractivity contribution in [1.29, 1.82) is 0 Å². The number of benzene rings is 2. The minimum absolute atomic E-state index is 0.104. The first-order valence-corrected chi connectivity index (χ1v) is 10.9. The molecular weight excluding hydrogens is 398 g/mol. The summed E-state index contributed by atoms with van der Waals surface area (Å²) in [5, 5.41) is 9.37. The van der Waals surface area contributed by atoms with Crippen molar-refractivity contribution in [2.75, 3.05) is 12.3 Å². The molecule has 1 fully saturated rings. The van der Waals surface area contributed by atoms with Gasteiger partial charge in [-0.3, -0.25) is 14.2 Å². The smallest absolute Gasteiger partial charge is 0.240 e. The molecule has 154 valence electrons. The number of nitrogens with zero attached hydrogens (tertiary/aromatic N) is 4. The lowest BCUT2D eigenvalue weighted by atomic mass is 10.0. The molecule has 0 spiro atoms. The second-order valence-electron chi connectivity index (χ2n) is 7.13. The van der Waals surface area contributed by atoms with Crippen molar-refractivity contribution in [3.05, 3.63) is 60.7 Å². The van der Waals surface area contributed by atoms with Gasteiger partial charge < -0.3 is 10.6 Å². The molecule has 1 atom stereocenters. The predicted octanol–water partition coefficient (Wildman–Crippen LogP) is 2.89. The van der Waals surface area contributed by atoms with Gasteiger partial charge in [0.1, 0.15) is 6.04 Å². The Labute approximate surface area is 179 Å². The van der Waals surface area contributed by atoms with Crippen LogP contribution in [-0.4, -0.2) is 49.8 Å². The molecule has 1 unspecified atom stereocenters. The minimum atomic E-state index is -0.515. The van der Waals surface area contributed by atoms with Crippen LogP contribution < -0.4 is 5.73 Å². The molecule has 2 heterocycles. The Bertz CT molecular complexity index is 1020. The van der Waals surface area contributed by atoms with E-state index in [2.05, 4.69) is 10.2 Å². The second kappa shape index (κ2) is 9.13. The SMILES string of the molecule is NC(=O)C1CCCCN1C(=O)CSc1nnc(-c2ccccc2)n1-c1ccccc1. The van der Waals surface area contributed by atoms with Crippen molar-refractivity contribution in [2.45, 2.75) is 30.5 Å². The van der Waals surface area contributed by atoms with Gasteiger partial charge in [0.15, 0.2) is 11.0 Å². The van der Waals surface area contributed by atoms with Crippen LogP contribution in [0.3, 0.4) is 0 Å². The molecular formula is C22H23N5O2S. The molecule has 0 radical (unpaired) electrons. The number of amides is 2. The van der Waals surface area contributed by atoms with E-state index < -0.39 is 11.9 Å². The van der Waals surface area contributed by atoms with Gasteiger partial charge in [0.2, 0.25) is 11.8 Å². The summed E-state index contributed by atoms with van der Waals surface area (Å²) in [6.45, 7) is 0.563. The van der Waals surface area contributed by atoms with Crippen LogP contribution in [0.15, 0.2) is 65.8 Å². The largest absolute Gasteiger partial charge is 0.368 e. The van der Waals surface area contributed by atoms with Gasteiger partial charge in [-0.25, -0.2) is 0 Å². The van der Waals surface area contributed by atoms with Crippen molar-refractivity contribution < 1.29 is 9.59 Å². The van der Waals surface area contributed by atoms with E-state index in [1.807, 2.05) is 65.2 Å². The van der Waals surface area contributed by atoms with Crippen molar-refractivity contribution in [1.82, 2.24) is 19.7 Å². The third kappa shape index (κ3) is 4.23. The first-order chi connectivity index (χ1) is 14.6. The average molecular weight is 422 g/mol. The molecule has 2 N–H and O–H groups in total. The molecule has 30 heavy (non-hydrogen) atoms. The number of hydrogen-bond acceptors (Lipinski definition) is 5. The van der Waals surface area contributed by atoms with E-state index in [0.717, 1.165) is 24.1 Å². The highest BCUT2D eigenvalue weighted by atomic mass is 32.2. The summed E-state index contributed by atoms with van der Waals surface area (Å²) in [6.07, 6.45) is 2.43. The Morgan fingerprint density at radius 2 is 1.70 bits per heavy atom. The Morgan fingerprint density at radius 3 is 2.40 bits per heavy atom. The maximum Gasteiger partial charge on any atom is 0.240 e. The zero-order chi connectivity index (χ0) is 20.9. The molecule has 7 nitrogen and oxygen atoms in total. The summed E-state index contributed by atoms with van der Waals surface area (Å²) in [6, 6.07) is 19.1. The molecule has 2 amide bonds. The zero-order valence-electron chi connectivity index (χ0n) is 16.5. The maximum atomic E-state index is 12.9. The standard InChI is InChI=1S/C22H23N5O2S/c23-20(29)18-13-7-8-14-26(18)19(28)15-30-22-25-24-21(16-9-3-1-4-10-16)27(22)17-11-5-2-6-12-17/h1-6,9-12,18H,7-8,13-15H2,(H2,23,29). The number of thioether (sulfide) groups is 1. The number of piperidine rings is 1. The van der Waals surface area contributed by atoms with Crippen LogP contribution in [0.1, 0.15) is 19.3 Å². The van der Waals surface area contributed by atoms with Crippen LogP contribution >= 0.6 is 11.8 Å². The number of rotatable bonds is 6. The van der Waals surface area contributed by atoms with E-state index in [9.17, 15) is 9.59 Å². The van der Waals surface area contributed by atoms with Gasteiger partial charge in [-0.15, -0.1) is 10.2 Å². The van der Waals surface area contributed by atoms with Crippen LogP contribution in [0.5, 0.6) is 0 Å². The number of hydrogen-bond donors (Lipinski definition) is 1. The molecule has 1 aliphatic rings. The molecule has 2 aromatic carbocycles. The van der Waals surface area contributed by atoms with Crippen LogP contribution in [-0.2, 0) is 9.59 Å². The molecule has 0 saturated carbocycles.